The predicted octanol–water partition coefficient (Wildman–Crippen LogP) is 3.12. The highest BCUT2D eigenvalue weighted by Crippen LogP contribution is 2.48. The Bertz CT molecular complexity index is 606. The molecule has 0 saturated carbocycles. The summed E-state index contributed by atoms with van der Waals surface area (Å²) < 4.78 is 77.3. The van der Waals surface area contributed by atoms with E-state index in [1.165, 1.54) is 24.3 Å². The quantitative estimate of drug-likeness (QED) is 0.814. The van der Waals surface area contributed by atoms with Gasteiger partial charge in [0, 0.05) is 17.5 Å². The van der Waals surface area contributed by atoms with Crippen LogP contribution in [0.1, 0.15) is 0 Å². The van der Waals surface area contributed by atoms with E-state index in [1.54, 1.807) is 6.07 Å². The summed E-state index contributed by atoms with van der Waals surface area (Å²) in [5.41, 5.74) is -6.32. The molecule has 126 valence electrons. The van der Waals surface area contributed by atoms with Gasteiger partial charge in [-0.15, -0.1) is 0 Å². The minimum absolute atomic E-state index is 0.161. The molecule has 1 aliphatic rings. The third kappa shape index (κ3) is 2.93. The number of hydrogen-bond acceptors (Lipinski definition) is 3. The van der Waals surface area contributed by atoms with Gasteiger partial charge >= 0.3 is 12.4 Å². The molecule has 9 heteroatoms. The summed E-state index contributed by atoms with van der Waals surface area (Å²) >= 11 is 0. The maximum atomic E-state index is 12.9. The van der Waals surface area contributed by atoms with E-state index in [0.29, 0.717) is 12.3 Å². The SMILES string of the molecule is OC1C=CC(C(O)(C(F)(F)F)C(F)(F)F)=CN1c1ccccc1. The average Bonchev–Trinajstić information content (AvgIpc) is 2.45. The molecule has 1 unspecified atom stereocenters. The Morgan fingerprint density at radius 2 is 1.43 bits per heavy atom. The van der Waals surface area contributed by atoms with E-state index in [4.69, 9.17) is 0 Å². The molecule has 0 spiro atoms. The van der Waals surface area contributed by atoms with Crippen molar-refractivity contribution in [3.8, 4) is 0 Å². The van der Waals surface area contributed by atoms with Gasteiger partial charge in [0.15, 0.2) is 0 Å². The molecule has 2 rings (SSSR count). The van der Waals surface area contributed by atoms with Crippen LogP contribution < -0.4 is 4.90 Å². The Kier molecular flexibility index (Phi) is 4.20. The van der Waals surface area contributed by atoms with Crippen LogP contribution in [0, 0.1) is 0 Å². The number of anilines is 1. The van der Waals surface area contributed by atoms with Gasteiger partial charge in [-0.05, 0) is 18.2 Å². The summed E-state index contributed by atoms with van der Waals surface area (Å²) in [6.45, 7) is 0. The van der Waals surface area contributed by atoms with Crippen molar-refractivity contribution in [3.05, 3.63) is 54.3 Å². The van der Waals surface area contributed by atoms with Crippen molar-refractivity contribution in [2.24, 2.45) is 0 Å². The number of para-hydroxylation sites is 1. The van der Waals surface area contributed by atoms with Crippen molar-refractivity contribution in [3.63, 3.8) is 0 Å². The number of nitrogens with zero attached hydrogens (tertiary/aromatic N) is 1. The number of alkyl halides is 6. The van der Waals surface area contributed by atoms with Gasteiger partial charge in [-0.1, -0.05) is 24.3 Å². The van der Waals surface area contributed by atoms with Crippen molar-refractivity contribution in [2.45, 2.75) is 24.2 Å². The number of rotatable bonds is 2. The fourth-order valence-electron chi connectivity index (χ4n) is 2.08. The second-order valence-corrected chi connectivity index (χ2v) is 4.81. The lowest BCUT2D eigenvalue weighted by Gasteiger charge is -2.37. The van der Waals surface area contributed by atoms with Crippen LogP contribution in [0.25, 0.3) is 0 Å². The Hall–Kier alpha value is -2.00. The average molecular weight is 339 g/mol. The summed E-state index contributed by atoms with van der Waals surface area (Å²) in [6.07, 6.45) is -11.9. The topological polar surface area (TPSA) is 43.7 Å². The molecule has 0 fully saturated rings. The van der Waals surface area contributed by atoms with Gasteiger partial charge in [0.1, 0.15) is 6.23 Å². The zero-order valence-corrected chi connectivity index (χ0v) is 11.3. The first kappa shape index (κ1) is 17.4. The van der Waals surface area contributed by atoms with Gasteiger partial charge in [-0.25, -0.2) is 0 Å². The first-order chi connectivity index (χ1) is 10.5. The van der Waals surface area contributed by atoms with Crippen molar-refractivity contribution >= 4 is 5.69 Å². The molecule has 1 aromatic rings. The molecule has 2 N–H and O–H groups in total. The van der Waals surface area contributed by atoms with Crippen molar-refractivity contribution in [1.29, 1.82) is 0 Å². The normalized spacial score (nSPS) is 19.7. The van der Waals surface area contributed by atoms with Gasteiger partial charge < -0.3 is 15.1 Å². The third-order valence-electron chi connectivity index (χ3n) is 3.30. The van der Waals surface area contributed by atoms with Crippen LogP contribution in [0.3, 0.4) is 0 Å². The van der Waals surface area contributed by atoms with Gasteiger partial charge in [0.25, 0.3) is 5.60 Å². The highest BCUT2D eigenvalue weighted by Gasteiger charge is 2.72. The molecule has 0 aromatic heterocycles. The van der Waals surface area contributed by atoms with Crippen LogP contribution in [-0.2, 0) is 0 Å². The van der Waals surface area contributed by atoms with E-state index in [9.17, 15) is 36.6 Å². The Morgan fingerprint density at radius 1 is 0.913 bits per heavy atom. The second-order valence-electron chi connectivity index (χ2n) is 4.81. The third-order valence-corrected chi connectivity index (χ3v) is 3.30. The first-order valence-corrected chi connectivity index (χ1v) is 6.26. The van der Waals surface area contributed by atoms with E-state index >= 15 is 0 Å². The molecule has 1 atom stereocenters. The lowest BCUT2D eigenvalue weighted by molar-refractivity contribution is -0.351. The van der Waals surface area contributed by atoms with Crippen molar-refractivity contribution in [2.75, 3.05) is 4.90 Å². The molecule has 1 aromatic carbocycles. The molecule has 1 aliphatic heterocycles. The van der Waals surface area contributed by atoms with Crippen LogP contribution >= 0.6 is 0 Å². The maximum absolute atomic E-state index is 12.9. The van der Waals surface area contributed by atoms with E-state index in [-0.39, 0.29) is 5.69 Å². The Morgan fingerprint density at radius 3 is 1.91 bits per heavy atom. The van der Waals surface area contributed by atoms with Crippen LogP contribution in [-0.4, -0.2) is 34.4 Å². The molecule has 23 heavy (non-hydrogen) atoms. The highest BCUT2D eigenvalue weighted by molar-refractivity contribution is 5.55. The molecule has 0 saturated heterocycles. The smallest absolute Gasteiger partial charge is 0.370 e. The number of aliphatic hydroxyl groups excluding tert-OH is 1. The Balaban J connectivity index is 2.55. The fourth-order valence-corrected chi connectivity index (χ4v) is 2.08. The first-order valence-electron chi connectivity index (χ1n) is 6.26. The van der Waals surface area contributed by atoms with Gasteiger partial charge in [0.2, 0.25) is 0 Å². The fraction of sp³-hybridized carbons (Fsp3) is 0.286. The minimum Gasteiger partial charge on any atom is -0.370 e. The zero-order chi connectivity index (χ0) is 17.5. The van der Waals surface area contributed by atoms with E-state index in [2.05, 4.69) is 0 Å². The predicted molar refractivity (Wildman–Crippen MR) is 69.2 cm³/mol. The number of hydrogen-bond donors (Lipinski definition) is 2. The highest BCUT2D eigenvalue weighted by atomic mass is 19.4. The number of benzene rings is 1. The molecule has 3 nitrogen and oxygen atoms in total. The molecule has 0 radical (unpaired) electrons. The van der Waals surface area contributed by atoms with Gasteiger partial charge in [-0.2, -0.15) is 26.3 Å². The summed E-state index contributed by atoms with van der Waals surface area (Å²) in [5.74, 6) is 0. The van der Waals surface area contributed by atoms with Gasteiger partial charge in [-0.3, -0.25) is 0 Å². The molecular formula is C14H11F6NO2. The van der Waals surface area contributed by atoms with Crippen LogP contribution in [0.15, 0.2) is 54.3 Å². The lowest BCUT2D eigenvalue weighted by atomic mass is 9.90. The summed E-state index contributed by atoms with van der Waals surface area (Å²) in [5, 5.41) is 19.1. The van der Waals surface area contributed by atoms with Crippen LogP contribution in [0.2, 0.25) is 0 Å². The molecular weight excluding hydrogens is 328 g/mol. The summed E-state index contributed by atoms with van der Waals surface area (Å²) in [6, 6.07) is 7.34. The van der Waals surface area contributed by atoms with Crippen molar-refractivity contribution in [1.82, 2.24) is 0 Å². The number of halogens is 6. The summed E-state index contributed by atoms with van der Waals surface area (Å²) in [4.78, 5) is 0.789. The number of aliphatic hydroxyl groups is 2. The Labute approximate surface area is 126 Å². The molecule has 0 amide bonds. The van der Waals surface area contributed by atoms with E-state index in [1.807, 2.05) is 0 Å². The van der Waals surface area contributed by atoms with Gasteiger partial charge in [0.05, 0.1) is 0 Å². The molecule has 0 aliphatic carbocycles. The lowest BCUT2D eigenvalue weighted by Crippen LogP contribution is -2.58. The largest absolute Gasteiger partial charge is 0.430 e. The standard InChI is InChI=1S/C14H11F6NO2/c15-13(16,17)12(23,14(18,19)20)9-6-7-11(22)21(8-9)10-4-2-1-3-5-10/h1-8,11,22-23H. The molecule has 0 bridgehead atoms. The summed E-state index contributed by atoms with van der Waals surface area (Å²) in [7, 11) is 0. The minimum atomic E-state index is -5.98. The van der Waals surface area contributed by atoms with E-state index < -0.39 is 29.8 Å². The van der Waals surface area contributed by atoms with Crippen molar-refractivity contribution < 1.29 is 36.6 Å². The zero-order valence-electron chi connectivity index (χ0n) is 11.3. The van der Waals surface area contributed by atoms with Crippen LogP contribution in [0.4, 0.5) is 32.0 Å². The monoisotopic (exact) mass is 339 g/mol. The van der Waals surface area contributed by atoms with Crippen LogP contribution in [0.5, 0.6) is 0 Å². The van der Waals surface area contributed by atoms with E-state index in [0.717, 1.165) is 11.0 Å². The molecule has 1 heterocycles. The second kappa shape index (κ2) is 5.57. The maximum Gasteiger partial charge on any atom is 0.430 e.